The second-order valence-corrected chi connectivity index (χ2v) is 4.91. The Labute approximate surface area is 120 Å². The van der Waals surface area contributed by atoms with Crippen molar-refractivity contribution < 1.29 is 9.84 Å². The third kappa shape index (κ3) is 3.02. The molecule has 0 spiro atoms. The molecule has 0 radical (unpaired) electrons. The van der Waals surface area contributed by atoms with E-state index in [4.69, 9.17) is 4.74 Å². The van der Waals surface area contributed by atoms with Crippen LogP contribution in [0.25, 0.3) is 0 Å². The molecule has 2 heteroatoms. The fourth-order valence-electron chi connectivity index (χ4n) is 2.35. The lowest BCUT2D eigenvalue weighted by atomic mass is 9.87. The van der Waals surface area contributed by atoms with Gasteiger partial charge in [0.05, 0.1) is 7.11 Å². The molecule has 104 valence electrons. The Hall–Kier alpha value is -2.22. The number of ether oxygens (including phenoxy) is 1. The molecule has 0 bridgehead atoms. The van der Waals surface area contributed by atoms with E-state index in [-0.39, 0.29) is 5.92 Å². The molecule has 2 aromatic rings. The first-order chi connectivity index (χ1) is 9.65. The number of benzene rings is 2. The highest BCUT2D eigenvalue weighted by Crippen LogP contribution is 2.36. The number of allylic oxidation sites excluding steroid dienone is 1. The molecule has 0 heterocycles. The van der Waals surface area contributed by atoms with Crippen molar-refractivity contribution >= 4 is 0 Å². The number of hydrogen-bond donors (Lipinski definition) is 1. The molecule has 2 rings (SSSR count). The van der Waals surface area contributed by atoms with E-state index in [2.05, 4.69) is 37.8 Å². The topological polar surface area (TPSA) is 29.5 Å². The number of aryl methyl sites for hydroxylation is 1. The second kappa shape index (κ2) is 6.29. The first kappa shape index (κ1) is 14.2. The monoisotopic (exact) mass is 268 g/mol. The molecule has 0 aromatic heterocycles. The Balaban J connectivity index is 2.47. The summed E-state index contributed by atoms with van der Waals surface area (Å²) in [6.45, 7) is 5.89. The van der Waals surface area contributed by atoms with Crippen molar-refractivity contribution in [2.75, 3.05) is 7.11 Å². The molecule has 1 N–H and O–H groups in total. The minimum Gasteiger partial charge on any atom is -0.508 e. The van der Waals surface area contributed by atoms with Gasteiger partial charge in [0.25, 0.3) is 0 Å². The number of methoxy groups -OCH3 is 1. The van der Waals surface area contributed by atoms with E-state index in [0.717, 1.165) is 17.7 Å². The zero-order chi connectivity index (χ0) is 14.5. The molecule has 0 aliphatic rings. The maximum Gasteiger partial charge on any atom is 0.119 e. The lowest BCUT2D eigenvalue weighted by Gasteiger charge is -2.18. The maximum absolute atomic E-state index is 10.2. The number of hydrogen-bond acceptors (Lipinski definition) is 2. The largest absolute Gasteiger partial charge is 0.508 e. The molecule has 0 saturated carbocycles. The summed E-state index contributed by atoms with van der Waals surface area (Å²) < 4.78 is 5.26. The van der Waals surface area contributed by atoms with E-state index in [1.165, 1.54) is 11.1 Å². The summed E-state index contributed by atoms with van der Waals surface area (Å²) in [5.41, 5.74) is 3.26. The van der Waals surface area contributed by atoms with Gasteiger partial charge in [0.2, 0.25) is 0 Å². The summed E-state index contributed by atoms with van der Waals surface area (Å²) in [5.74, 6) is 1.13. The second-order valence-electron chi connectivity index (χ2n) is 4.91. The molecule has 0 unspecified atom stereocenters. The summed E-state index contributed by atoms with van der Waals surface area (Å²) in [6, 6.07) is 13.7. The minimum absolute atomic E-state index is 0.0863. The third-order valence-corrected chi connectivity index (χ3v) is 3.49. The van der Waals surface area contributed by atoms with E-state index in [9.17, 15) is 5.11 Å². The van der Waals surface area contributed by atoms with Crippen LogP contribution in [0.1, 0.15) is 29.0 Å². The molecular weight excluding hydrogens is 248 g/mol. The number of phenols is 1. The summed E-state index contributed by atoms with van der Waals surface area (Å²) in [7, 11) is 1.63. The van der Waals surface area contributed by atoms with Gasteiger partial charge in [0, 0.05) is 11.5 Å². The first-order valence-electron chi connectivity index (χ1n) is 6.70. The summed E-state index contributed by atoms with van der Waals surface area (Å²) >= 11 is 0. The van der Waals surface area contributed by atoms with Gasteiger partial charge in [-0.05, 0) is 37.1 Å². The van der Waals surface area contributed by atoms with Gasteiger partial charge in [0.1, 0.15) is 11.5 Å². The summed E-state index contributed by atoms with van der Waals surface area (Å²) in [5, 5.41) is 10.2. The number of rotatable bonds is 5. The zero-order valence-corrected chi connectivity index (χ0v) is 12.0. The van der Waals surface area contributed by atoms with Gasteiger partial charge in [-0.2, -0.15) is 0 Å². The summed E-state index contributed by atoms with van der Waals surface area (Å²) in [6.07, 6.45) is 2.65. The predicted molar refractivity (Wildman–Crippen MR) is 82.5 cm³/mol. The number of aromatic hydroxyl groups is 1. The molecule has 0 aliphatic heterocycles. The van der Waals surface area contributed by atoms with Crippen LogP contribution >= 0.6 is 0 Å². The highest BCUT2D eigenvalue weighted by molar-refractivity contribution is 5.46. The van der Waals surface area contributed by atoms with Crippen molar-refractivity contribution in [2.45, 2.75) is 19.3 Å². The predicted octanol–water partition coefficient (Wildman–Crippen LogP) is 4.42. The van der Waals surface area contributed by atoms with Crippen molar-refractivity contribution in [2.24, 2.45) is 0 Å². The van der Waals surface area contributed by atoms with Gasteiger partial charge < -0.3 is 9.84 Å². The molecule has 2 aromatic carbocycles. The molecular formula is C18H20O2. The van der Waals surface area contributed by atoms with E-state index >= 15 is 0 Å². The number of phenolic OH excluding ortho intramolecular Hbond substituents is 1. The minimum atomic E-state index is 0.0863. The van der Waals surface area contributed by atoms with Crippen molar-refractivity contribution in [1.29, 1.82) is 0 Å². The first-order valence-corrected chi connectivity index (χ1v) is 6.70. The van der Waals surface area contributed by atoms with Crippen LogP contribution in [-0.4, -0.2) is 12.2 Å². The lowest BCUT2D eigenvalue weighted by molar-refractivity contribution is 0.410. The van der Waals surface area contributed by atoms with Crippen LogP contribution in [0.2, 0.25) is 0 Å². The van der Waals surface area contributed by atoms with E-state index < -0.39 is 0 Å². The van der Waals surface area contributed by atoms with Gasteiger partial charge in [-0.25, -0.2) is 0 Å². The molecule has 0 aliphatic carbocycles. The van der Waals surface area contributed by atoms with E-state index in [0.29, 0.717) is 5.75 Å². The van der Waals surface area contributed by atoms with Crippen molar-refractivity contribution in [3.63, 3.8) is 0 Å². The van der Waals surface area contributed by atoms with Gasteiger partial charge in [0.15, 0.2) is 0 Å². The highest BCUT2D eigenvalue weighted by Gasteiger charge is 2.17. The maximum atomic E-state index is 10.2. The van der Waals surface area contributed by atoms with Crippen LogP contribution in [0, 0.1) is 6.92 Å². The Kier molecular flexibility index (Phi) is 4.46. The molecule has 0 fully saturated rings. The molecule has 20 heavy (non-hydrogen) atoms. The molecule has 0 amide bonds. The Morgan fingerprint density at radius 1 is 1.20 bits per heavy atom. The van der Waals surface area contributed by atoms with Gasteiger partial charge in [-0.1, -0.05) is 35.9 Å². The fourth-order valence-corrected chi connectivity index (χ4v) is 2.35. The van der Waals surface area contributed by atoms with Gasteiger partial charge in [-0.3, -0.25) is 0 Å². The van der Waals surface area contributed by atoms with Crippen molar-refractivity contribution in [1.82, 2.24) is 0 Å². The lowest BCUT2D eigenvalue weighted by Crippen LogP contribution is -2.01. The smallest absolute Gasteiger partial charge is 0.119 e. The zero-order valence-electron chi connectivity index (χ0n) is 12.0. The van der Waals surface area contributed by atoms with E-state index in [1.807, 2.05) is 12.1 Å². The Morgan fingerprint density at radius 3 is 2.50 bits per heavy atom. The third-order valence-electron chi connectivity index (χ3n) is 3.49. The average molecular weight is 268 g/mol. The van der Waals surface area contributed by atoms with Gasteiger partial charge >= 0.3 is 0 Å². The van der Waals surface area contributed by atoms with Crippen LogP contribution in [0.5, 0.6) is 11.5 Å². The van der Waals surface area contributed by atoms with E-state index in [1.54, 1.807) is 19.2 Å². The summed E-state index contributed by atoms with van der Waals surface area (Å²) in [4.78, 5) is 0. The highest BCUT2D eigenvalue weighted by atomic mass is 16.5. The van der Waals surface area contributed by atoms with Gasteiger partial charge in [-0.15, -0.1) is 6.58 Å². The van der Waals surface area contributed by atoms with Crippen LogP contribution in [0.4, 0.5) is 0 Å². The SMILES string of the molecule is C=CC[C@H](c1ccc(C)cc1)c1cc(OC)ccc1O. The normalized spacial score (nSPS) is 11.9. The Bertz CT molecular complexity index is 585. The fraction of sp³-hybridized carbons (Fsp3) is 0.222. The molecule has 0 saturated heterocycles. The van der Waals surface area contributed by atoms with Crippen LogP contribution in [-0.2, 0) is 0 Å². The van der Waals surface area contributed by atoms with Crippen LogP contribution < -0.4 is 4.74 Å². The molecule has 1 atom stereocenters. The average Bonchev–Trinajstić information content (AvgIpc) is 2.47. The van der Waals surface area contributed by atoms with Crippen LogP contribution in [0.15, 0.2) is 55.1 Å². The van der Waals surface area contributed by atoms with Crippen molar-refractivity contribution in [3.05, 3.63) is 71.8 Å². The van der Waals surface area contributed by atoms with Crippen LogP contribution in [0.3, 0.4) is 0 Å². The quantitative estimate of drug-likeness (QED) is 0.813. The van der Waals surface area contributed by atoms with Crippen molar-refractivity contribution in [3.8, 4) is 11.5 Å². The standard InChI is InChI=1S/C18H20O2/c1-4-5-16(14-8-6-13(2)7-9-14)17-12-15(20-3)10-11-18(17)19/h4,6-12,16,19H,1,5H2,2-3H3/t16-/m1/s1. The Morgan fingerprint density at radius 2 is 1.90 bits per heavy atom. The molecule has 2 nitrogen and oxygen atoms in total.